The van der Waals surface area contributed by atoms with Gasteiger partial charge < -0.3 is 5.32 Å². The molecule has 0 atom stereocenters. The Hall–Kier alpha value is -1.41. The van der Waals surface area contributed by atoms with E-state index in [9.17, 15) is 0 Å². The Morgan fingerprint density at radius 1 is 1.13 bits per heavy atom. The number of aromatic nitrogens is 1. The first-order valence-electron chi connectivity index (χ1n) is 5.45. The molecule has 0 aliphatic heterocycles. The summed E-state index contributed by atoms with van der Waals surface area (Å²) in [5.74, 6) is 0. The third-order valence-corrected chi connectivity index (χ3v) is 2.39. The first-order chi connectivity index (χ1) is 7.40. The SMILES string of the molecule is CCCNCc1ccc2ccccc2n1. The lowest BCUT2D eigenvalue weighted by atomic mass is 10.2. The fourth-order valence-electron chi connectivity index (χ4n) is 1.60. The molecule has 0 fully saturated rings. The molecule has 0 aliphatic rings. The van der Waals surface area contributed by atoms with Gasteiger partial charge >= 0.3 is 0 Å². The number of hydrogen-bond donors (Lipinski definition) is 1. The molecule has 15 heavy (non-hydrogen) atoms. The van der Waals surface area contributed by atoms with E-state index in [1.807, 2.05) is 12.1 Å². The molecule has 2 rings (SSSR count). The first-order valence-corrected chi connectivity index (χ1v) is 5.45. The summed E-state index contributed by atoms with van der Waals surface area (Å²) in [6.07, 6.45) is 1.16. The van der Waals surface area contributed by atoms with Gasteiger partial charge in [-0.25, -0.2) is 0 Å². The van der Waals surface area contributed by atoms with Crippen LogP contribution in [0.25, 0.3) is 10.9 Å². The summed E-state index contributed by atoms with van der Waals surface area (Å²) in [5.41, 5.74) is 2.19. The van der Waals surface area contributed by atoms with Crippen molar-refractivity contribution in [3.63, 3.8) is 0 Å². The van der Waals surface area contributed by atoms with Gasteiger partial charge in [-0.05, 0) is 25.1 Å². The Balaban J connectivity index is 2.16. The number of rotatable bonds is 4. The second-order valence-corrected chi connectivity index (χ2v) is 3.67. The highest BCUT2D eigenvalue weighted by molar-refractivity contribution is 5.78. The lowest BCUT2D eigenvalue weighted by Crippen LogP contribution is -2.14. The summed E-state index contributed by atoms with van der Waals surface area (Å²) in [6, 6.07) is 12.4. The van der Waals surface area contributed by atoms with E-state index in [1.165, 1.54) is 5.39 Å². The predicted molar refractivity (Wildman–Crippen MR) is 63.7 cm³/mol. The van der Waals surface area contributed by atoms with Crippen LogP contribution >= 0.6 is 0 Å². The van der Waals surface area contributed by atoms with Crippen molar-refractivity contribution in [3.05, 3.63) is 42.1 Å². The number of hydrogen-bond acceptors (Lipinski definition) is 2. The Kier molecular flexibility index (Phi) is 3.30. The number of nitrogens with one attached hydrogen (secondary N) is 1. The second kappa shape index (κ2) is 4.89. The van der Waals surface area contributed by atoms with Crippen LogP contribution in [0.3, 0.4) is 0 Å². The van der Waals surface area contributed by atoms with Crippen molar-refractivity contribution in [2.45, 2.75) is 19.9 Å². The van der Waals surface area contributed by atoms with Crippen LogP contribution in [0.5, 0.6) is 0 Å². The Morgan fingerprint density at radius 3 is 2.87 bits per heavy atom. The molecule has 2 heteroatoms. The average molecular weight is 200 g/mol. The number of nitrogens with zero attached hydrogens (tertiary/aromatic N) is 1. The van der Waals surface area contributed by atoms with Crippen LogP contribution in [-0.2, 0) is 6.54 Å². The van der Waals surface area contributed by atoms with Crippen molar-refractivity contribution < 1.29 is 0 Å². The van der Waals surface area contributed by atoms with Gasteiger partial charge in [-0.2, -0.15) is 0 Å². The van der Waals surface area contributed by atoms with E-state index in [4.69, 9.17) is 0 Å². The van der Waals surface area contributed by atoms with Gasteiger partial charge in [-0.3, -0.25) is 4.98 Å². The van der Waals surface area contributed by atoms with Crippen molar-refractivity contribution >= 4 is 10.9 Å². The molecule has 1 aromatic carbocycles. The Bertz CT molecular complexity index is 437. The zero-order chi connectivity index (χ0) is 10.5. The van der Waals surface area contributed by atoms with Gasteiger partial charge in [0.1, 0.15) is 0 Å². The lowest BCUT2D eigenvalue weighted by Gasteiger charge is -2.03. The molecule has 1 aromatic heterocycles. The standard InChI is InChI=1S/C13H16N2/c1-2-9-14-10-12-8-7-11-5-3-4-6-13(11)15-12/h3-8,14H,2,9-10H2,1H3. The topological polar surface area (TPSA) is 24.9 Å². The van der Waals surface area contributed by atoms with Crippen LogP contribution < -0.4 is 5.32 Å². The maximum absolute atomic E-state index is 4.58. The summed E-state index contributed by atoms with van der Waals surface area (Å²) in [4.78, 5) is 4.58. The monoisotopic (exact) mass is 200 g/mol. The minimum absolute atomic E-state index is 0.860. The second-order valence-electron chi connectivity index (χ2n) is 3.67. The third-order valence-electron chi connectivity index (χ3n) is 2.39. The normalized spacial score (nSPS) is 10.7. The fraction of sp³-hybridized carbons (Fsp3) is 0.308. The highest BCUT2D eigenvalue weighted by atomic mass is 14.9. The van der Waals surface area contributed by atoms with E-state index in [-0.39, 0.29) is 0 Å². The van der Waals surface area contributed by atoms with E-state index >= 15 is 0 Å². The summed E-state index contributed by atoms with van der Waals surface area (Å²) < 4.78 is 0. The molecule has 0 saturated carbocycles. The third kappa shape index (κ3) is 2.54. The highest BCUT2D eigenvalue weighted by Crippen LogP contribution is 2.11. The number of para-hydroxylation sites is 1. The zero-order valence-electron chi connectivity index (χ0n) is 9.03. The summed E-state index contributed by atoms with van der Waals surface area (Å²) in [7, 11) is 0. The Morgan fingerprint density at radius 2 is 2.00 bits per heavy atom. The molecule has 0 unspecified atom stereocenters. The molecule has 2 nitrogen and oxygen atoms in total. The zero-order valence-corrected chi connectivity index (χ0v) is 9.03. The van der Waals surface area contributed by atoms with Crippen LogP contribution in [0.1, 0.15) is 19.0 Å². The van der Waals surface area contributed by atoms with Crippen LogP contribution in [-0.4, -0.2) is 11.5 Å². The van der Waals surface area contributed by atoms with Crippen LogP contribution in [0.2, 0.25) is 0 Å². The quantitative estimate of drug-likeness (QED) is 0.768. The van der Waals surface area contributed by atoms with Gasteiger partial charge in [-0.15, -0.1) is 0 Å². The number of pyridine rings is 1. The molecule has 1 N–H and O–H groups in total. The van der Waals surface area contributed by atoms with Crippen molar-refractivity contribution in [2.24, 2.45) is 0 Å². The molecule has 2 aromatic rings. The lowest BCUT2D eigenvalue weighted by molar-refractivity contribution is 0.666. The number of benzene rings is 1. The molecule has 0 aliphatic carbocycles. The van der Waals surface area contributed by atoms with Crippen LogP contribution in [0, 0.1) is 0 Å². The minimum Gasteiger partial charge on any atom is -0.311 e. The molecule has 78 valence electrons. The first kappa shape index (κ1) is 10.1. The van der Waals surface area contributed by atoms with Crippen LogP contribution in [0.15, 0.2) is 36.4 Å². The van der Waals surface area contributed by atoms with E-state index in [0.717, 1.165) is 30.7 Å². The molecule has 1 heterocycles. The summed E-state index contributed by atoms with van der Waals surface area (Å²) in [5, 5.41) is 4.56. The van der Waals surface area contributed by atoms with Crippen molar-refractivity contribution in [1.29, 1.82) is 0 Å². The molecule has 0 amide bonds. The van der Waals surface area contributed by atoms with Crippen molar-refractivity contribution in [3.8, 4) is 0 Å². The molecule has 0 radical (unpaired) electrons. The van der Waals surface area contributed by atoms with Gasteiger partial charge in [0, 0.05) is 11.9 Å². The van der Waals surface area contributed by atoms with Gasteiger partial charge in [0.2, 0.25) is 0 Å². The van der Waals surface area contributed by atoms with Crippen molar-refractivity contribution in [1.82, 2.24) is 10.3 Å². The van der Waals surface area contributed by atoms with E-state index in [0.29, 0.717) is 0 Å². The minimum atomic E-state index is 0.860. The van der Waals surface area contributed by atoms with Crippen molar-refractivity contribution in [2.75, 3.05) is 6.54 Å². The van der Waals surface area contributed by atoms with Crippen LogP contribution in [0.4, 0.5) is 0 Å². The van der Waals surface area contributed by atoms with Gasteiger partial charge in [0.15, 0.2) is 0 Å². The van der Waals surface area contributed by atoms with Gasteiger partial charge in [0.25, 0.3) is 0 Å². The van der Waals surface area contributed by atoms with E-state index in [1.54, 1.807) is 0 Å². The molecular weight excluding hydrogens is 184 g/mol. The number of fused-ring (bicyclic) bond motifs is 1. The highest BCUT2D eigenvalue weighted by Gasteiger charge is 1.96. The Labute approximate surface area is 90.3 Å². The molecule has 0 bridgehead atoms. The smallest absolute Gasteiger partial charge is 0.0705 e. The maximum Gasteiger partial charge on any atom is 0.0705 e. The van der Waals surface area contributed by atoms with Gasteiger partial charge in [0.05, 0.1) is 11.2 Å². The van der Waals surface area contributed by atoms with Gasteiger partial charge in [-0.1, -0.05) is 31.2 Å². The maximum atomic E-state index is 4.58. The fourth-order valence-corrected chi connectivity index (χ4v) is 1.60. The summed E-state index contributed by atoms with van der Waals surface area (Å²) >= 11 is 0. The predicted octanol–water partition coefficient (Wildman–Crippen LogP) is 2.73. The van der Waals surface area contributed by atoms with E-state index < -0.39 is 0 Å². The summed E-state index contributed by atoms with van der Waals surface area (Å²) in [6.45, 7) is 4.08. The molecule has 0 saturated heterocycles. The van der Waals surface area contributed by atoms with E-state index in [2.05, 4.69) is 41.5 Å². The molecule has 0 spiro atoms. The largest absolute Gasteiger partial charge is 0.311 e. The average Bonchev–Trinajstić information content (AvgIpc) is 2.29. The molecular formula is C13H16N2.